The minimum atomic E-state index is -0.165. The van der Waals surface area contributed by atoms with E-state index >= 15 is 0 Å². The number of hydrogen-bond donors (Lipinski definition) is 0. The summed E-state index contributed by atoms with van der Waals surface area (Å²) in [6.45, 7) is 2.27. The van der Waals surface area contributed by atoms with Crippen LogP contribution in [-0.2, 0) is 6.61 Å². The standard InChI is InChI=1S/C23H16Cl2O3/c1-14-20(27-13-15-6-8-17(24)9-7-15)11-10-18-22(26)21(28-23(14)18)12-16-4-2-3-5-19(16)25/h2-12H,13H2,1H3/b21-12-. The summed E-state index contributed by atoms with van der Waals surface area (Å²) in [7, 11) is 0. The van der Waals surface area contributed by atoms with E-state index in [-0.39, 0.29) is 11.5 Å². The van der Waals surface area contributed by atoms with E-state index in [1.165, 1.54) is 0 Å². The van der Waals surface area contributed by atoms with Gasteiger partial charge in [-0.25, -0.2) is 0 Å². The molecule has 0 radical (unpaired) electrons. The molecular formula is C23H16Cl2O3. The summed E-state index contributed by atoms with van der Waals surface area (Å²) in [4.78, 5) is 12.7. The predicted molar refractivity (Wildman–Crippen MR) is 111 cm³/mol. The van der Waals surface area contributed by atoms with E-state index in [2.05, 4.69) is 0 Å². The molecule has 0 N–H and O–H groups in total. The number of halogens is 2. The van der Waals surface area contributed by atoms with Crippen molar-refractivity contribution >= 4 is 35.1 Å². The third-order valence-corrected chi connectivity index (χ3v) is 5.13. The SMILES string of the molecule is Cc1c(OCc2ccc(Cl)cc2)ccc2c1O/C(=C\c1ccccc1Cl)C2=O. The molecule has 5 heteroatoms. The van der Waals surface area contributed by atoms with Crippen molar-refractivity contribution in [2.45, 2.75) is 13.5 Å². The van der Waals surface area contributed by atoms with Crippen LogP contribution in [0.25, 0.3) is 6.08 Å². The van der Waals surface area contributed by atoms with Crippen molar-refractivity contribution in [2.75, 3.05) is 0 Å². The smallest absolute Gasteiger partial charge is 0.231 e. The first-order valence-electron chi connectivity index (χ1n) is 8.72. The second-order valence-electron chi connectivity index (χ2n) is 6.44. The Bertz CT molecular complexity index is 1090. The number of benzene rings is 3. The van der Waals surface area contributed by atoms with Gasteiger partial charge in [-0.1, -0.05) is 53.5 Å². The second kappa shape index (κ2) is 7.70. The predicted octanol–water partition coefficient (Wildman–Crippen LogP) is 6.50. The van der Waals surface area contributed by atoms with E-state index in [1.54, 1.807) is 24.3 Å². The normalized spacial score (nSPS) is 14.1. The lowest BCUT2D eigenvalue weighted by molar-refractivity contribution is 0.101. The maximum absolute atomic E-state index is 12.7. The molecule has 3 aromatic rings. The molecule has 0 aromatic heterocycles. The van der Waals surface area contributed by atoms with Crippen LogP contribution >= 0.6 is 23.2 Å². The number of Topliss-reactive ketones (excluding diaryl/α,β-unsaturated/α-hetero) is 1. The molecule has 3 aromatic carbocycles. The number of rotatable bonds is 4. The van der Waals surface area contributed by atoms with Crippen LogP contribution in [-0.4, -0.2) is 5.78 Å². The fourth-order valence-corrected chi connectivity index (χ4v) is 3.32. The van der Waals surface area contributed by atoms with Crippen LogP contribution in [0.1, 0.15) is 27.0 Å². The van der Waals surface area contributed by atoms with Gasteiger partial charge in [0.15, 0.2) is 5.76 Å². The van der Waals surface area contributed by atoms with Crippen LogP contribution in [0.2, 0.25) is 10.0 Å². The molecule has 4 rings (SSSR count). The molecule has 1 aliphatic heterocycles. The lowest BCUT2D eigenvalue weighted by Crippen LogP contribution is -1.98. The van der Waals surface area contributed by atoms with Gasteiger partial charge in [0, 0.05) is 15.6 Å². The van der Waals surface area contributed by atoms with Crippen molar-refractivity contribution in [3.8, 4) is 11.5 Å². The number of hydrogen-bond acceptors (Lipinski definition) is 3. The van der Waals surface area contributed by atoms with Crippen molar-refractivity contribution in [2.24, 2.45) is 0 Å². The van der Waals surface area contributed by atoms with E-state index in [0.717, 1.165) is 16.7 Å². The summed E-state index contributed by atoms with van der Waals surface area (Å²) >= 11 is 12.1. The van der Waals surface area contributed by atoms with Crippen LogP contribution < -0.4 is 9.47 Å². The summed E-state index contributed by atoms with van der Waals surface area (Å²) in [5, 5.41) is 1.24. The molecule has 0 saturated carbocycles. The molecule has 1 aliphatic rings. The van der Waals surface area contributed by atoms with Crippen LogP contribution in [0.4, 0.5) is 0 Å². The van der Waals surface area contributed by atoms with Gasteiger partial charge in [-0.3, -0.25) is 4.79 Å². The van der Waals surface area contributed by atoms with Gasteiger partial charge < -0.3 is 9.47 Å². The first kappa shape index (κ1) is 18.6. The minimum absolute atomic E-state index is 0.165. The highest BCUT2D eigenvalue weighted by molar-refractivity contribution is 6.32. The summed E-state index contributed by atoms with van der Waals surface area (Å²) in [6.07, 6.45) is 1.67. The highest BCUT2D eigenvalue weighted by Crippen LogP contribution is 2.39. The fraction of sp³-hybridized carbons (Fsp3) is 0.0870. The van der Waals surface area contributed by atoms with Crippen molar-refractivity contribution in [1.82, 2.24) is 0 Å². The van der Waals surface area contributed by atoms with Gasteiger partial charge in [0.1, 0.15) is 18.1 Å². The van der Waals surface area contributed by atoms with Gasteiger partial charge in [-0.05, 0) is 54.5 Å². The van der Waals surface area contributed by atoms with E-state index in [1.807, 2.05) is 49.4 Å². The maximum atomic E-state index is 12.7. The Labute approximate surface area is 173 Å². The average Bonchev–Trinajstić information content (AvgIpc) is 3.01. The van der Waals surface area contributed by atoms with Crippen molar-refractivity contribution in [3.05, 3.63) is 98.7 Å². The maximum Gasteiger partial charge on any atom is 0.231 e. The van der Waals surface area contributed by atoms with Gasteiger partial charge >= 0.3 is 0 Å². The second-order valence-corrected chi connectivity index (χ2v) is 7.29. The molecule has 3 nitrogen and oxygen atoms in total. The Kier molecular flexibility index (Phi) is 5.12. The zero-order chi connectivity index (χ0) is 19.7. The molecule has 0 aliphatic carbocycles. The topological polar surface area (TPSA) is 35.5 Å². The third-order valence-electron chi connectivity index (χ3n) is 4.54. The fourth-order valence-electron chi connectivity index (χ4n) is 3.00. The van der Waals surface area contributed by atoms with Gasteiger partial charge in [0.25, 0.3) is 0 Å². The quantitative estimate of drug-likeness (QED) is 0.460. The molecule has 0 spiro atoms. The van der Waals surface area contributed by atoms with Crippen molar-refractivity contribution in [1.29, 1.82) is 0 Å². The Morgan fingerprint density at radius 2 is 1.75 bits per heavy atom. The zero-order valence-electron chi connectivity index (χ0n) is 15.0. The lowest BCUT2D eigenvalue weighted by Gasteiger charge is -2.11. The third kappa shape index (κ3) is 3.64. The molecule has 0 unspecified atom stereocenters. The number of ether oxygens (including phenoxy) is 2. The van der Waals surface area contributed by atoms with Gasteiger partial charge in [0.05, 0.1) is 5.56 Å². The summed E-state index contributed by atoms with van der Waals surface area (Å²) in [5.74, 6) is 1.28. The molecule has 0 fully saturated rings. The summed E-state index contributed by atoms with van der Waals surface area (Å²) in [5.41, 5.74) is 3.04. The molecule has 0 bridgehead atoms. The zero-order valence-corrected chi connectivity index (χ0v) is 16.6. The highest BCUT2D eigenvalue weighted by atomic mass is 35.5. The lowest BCUT2D eigenvalue weighted by atomic mass is 10.1. The Balaban J connectivity index is 1.58. The van der Waals surface area contributed by atoms with Crippen LogP contribution in [0.5, 0.6) is 11.5 Å². The largest absolute Gasteiger partial charge is 0.488 e. The van der Waals surface area contributed by atoms with Gasteiger partial charge in [-0.15, -0.1) is 0 Å². The van der Waals surface area contributed by atoms with E-state index in [0.29, 0.717) is 33.7 Å². The highest BCUT2D eigenvalue weighted by Gasteiger charge is 2.30. The van der Waals surface area contributed by atoms with Crippen LogP contribution in [0.3, 0.4) is 0 Å². The Morgan fingerprint density at radius 3 is 2.50 bits per heavy atom. The summed E-state index contributed by atoms with van der Waals surface area (Å²) < 4.78 is 11.8. The number of ketones is 1. The van der Waals surface area contributed by atoms with E-state index < -0.39 is 0 Å². The first-order chi connectivity index (χ1) is 13.5. The first-order valence-corrected chi connectivity index (χ1v) is 9.48. The van der Waals surface area contributed by atoms with Crippen molar-refractivity contribution < 1.29 is 14.3 Å². The number of carbonyl (C=O) groups is 1. The average molecular weight is 411 g/mol. The van der Waals surface area contributed by atoms with Gasteiger partial charge in [-0.2, -0.15) is 0 Å². The van der Waals surface area contributed by atoms with Crippen LogP contribution in [0.15, 0.2) is 66.4 Å². The summed E-state index contributed by atoms with van der Waals surface area (Å²) in [6, 6.07) is 18.3. The molecule has 1 heterocycles. The molecule has 28 heavy (non-hydrogen) atoms. The molecule has 0 amide bonds. The molecular weight excluding hydrogens is 395 g/mol. The molecule has 0 atom stereocenters. The minimum Gasteiger partial charge on any atom is -0.488 e. The molecule has 140 valence electrons. The van der Waals surface area contributed by atoms with E-state index in [9.17, 15) is 4.79 Å². The monoisotopic (exact) mass is 410 g/mol. The van der Waals surface area contributed by atoms with Crippen LogP contribution in [0, 0.1) is 6.92 Å². The van der Waals surface area contributed by atoms with Crippen molar-refractivity contribution in [3.63, 3.8) is 0 Å². The van der Waals surface area contributed by atoms with Gasteiger partial charge in [0.2, 0.25) is 5.78 Å². The number of carbonyl (C=O) groups excluding carboxylic acids is 1. The van der Waals surface area contributed by atoms with E-state index in [4.69, 9.17) is 32.7 Å². The molecule has 0 saturated heterocycles. The Hall–Kier alpha value is -2.75. The number of fused-ring (bicyclic) bond motifs is 1. The number of allylic oxidation sites excluding steroid dienone is 1. The Morgan fingerprint density at radius 1 is 1.00 bits per heavy atom.